The van der Waals surface area contributed by atoms with Crippen LogP contribution < -0.4 is 0 Å². The Kier molecular flexibility index (Phi) is 5.06. The number of hydrogen-bond donors (Lipinski definition) is 0. The average molecular weight is 396 g/mol. The van der Waals surface area contributed by atoms with Gasteiger partial charge in [0.1, 0.15) is 11.6 Å². The zero-order valence-electron chi connectivity index (χ0n) is 16.8. The van der Waals surface area contributed by atoms with Crippen LogP contribution in [-0.4, -0.2) is 22.3 Å². The van der Waals surface area contributed by atoms with Gasteiger partial charge in [0.05, 0.1) is 0 Å². The van der Waals surface area contributed by atoms with Gasteiger partial charge in [-0.25, -0.2) is 4.98 Å². The molecule has 1 fully saturated rings. The summed E-state index contributed by atoms with van der Waals surface area (Å²) in [6.45, 7) is 0.770. The fourth-order valence-electron chi connectivity index (χ4n) is 4.26. The van der Waals surface area contributed by atoms with E-state index in [0.29, 0.717) is 12.3 Å². The molecule has 0 spiro atoms. The minimum absolute atomic E-state index is 0.0687. The molecule has 1 amide bonds. The number of fused-ring (bicyclic) bond motifs is 1. The third-order valence-electron chi connectivity index (χ3n) is 5.84. The van der Waals surface area contributed by atoms with Crippen molar-refractivity contribution in [3.05, 3.63) is 90.3 Å². The molecule has 5 rings (SSSR count). The molecule has 2 heterocycles. The van der Waals surface area contributed by atoms with Crippen LogP contribution in [0.3, 0.4) is 0 Å². The zero-order chi connectivity index (χ0) is 20.3. The highest BCUT2D eigenvalue weighted by Gasteiger charge is 2.33. The Bertz CT molecular complexity index is 1150. The monoisotopic (exact) mass is 396 g/mol. The van der Waals surface area contributed by atoms with Crippen molar-refractivity contribution in [3.63, 3.8) is 0 Å². The molecular weight excluding hydrogens is 372 g/mol. The van der Waals surface area contributed by atoms with Gasteiger partial charge in [0.25, 0.3) is 0 Å². The summed E-state index contributed by atoms with van der Waals surface area (Å²) in [5.74, 6) is 0.828. The van der Waals surface area contributed by atoms with Crippen LogP contribution in [0.5, 0.6) is 0 Å². The molecule has 0 bridgehead atoms. The molecule has 0 saturated carbocycles. The number of rotatable bonds is 5. The van der Waals surface area contributed by atoms with E-state index < -0.39 is 0 Å². The number of nitrogens with zero attached hydrogens (tertiary/aromatic N) is 2. The third kappa shape index (κ3) is 3.73. The number of carbonyl (C=O) groups is 1. The fraction of sp³-hybridized carbons (Fsp3) is 0.231. The van der Waals surface area contributed by atoms with Crippen molar-refractivity contribution in [2.45, 2.75) is 31.7 Å². The first-order valence-corrected chi connectivity index (χ1v) is 10.6. The lowest BCUT2D eigenvalue weighted by atomic mass is 10.1. The van der Waals surface area contributed by atoms with E-state index in [-0.39, 0.29) is 11.9 Å². The molecule has 4 nitrogen and oxygen atoms in total. The van der Waals surface area contributed by atoms with E-state index in [2.05, 4.69) is 36.4 Å². The maximum Gasteiger partial charge on any atom is 0.223 e. The van der Waals surface area contributed by atoms with Crippen LogP contribution in [-0.2, 0) is 11.2 Å². The summed E-state index contributed by atoms with van der Waals surface area (Å²) in [6.07, 6.45) is 3.15. The molecule has 1 aliphatic rings. The lowest BCUT2D eigenvalue weighted by Gasteiger charge is -2.22. The first-order valence-electron chi connectivity index (χ1n) is 10.6. The number of amides is 1. The van der Waals surface area contributed by atoms with Crippen molar-refractivity contribution in [2.24, 2.45) is 0 Å². The molecule has 0 aliphatic carbocycles. The molecule has 4 heteroatoms. The van der Waals surface area contributed by atoms with Gasteiger partial charge in [-0.1, -0.05) is 66.7 Å². The van der Waals surface area contributed by atoms with Crippen molar-refractivity contribution >= 4 is 17.0 Å². The second kappa shape index (κ2) is 8.15. The summed E-state index contributed by atoms with van der Waals surface area (Å²) in [7, 11) is 0. The minimum Gasteiger partial charge on any atom is -0.438 e. The highest BCUT2D eigenvalue weighted by atomic mass is 16.3. The van der Waals surface area contributed by atoms with Crippen LogP contribution in [0.4, 0.5) is 0 Å². The maximum absolute atomic E-state index is 12.9. The van der Waals surface area contributed by atoms with Crippen LogP contribution in [0.15, 0.2) is 83.3 Å². The van der Waals surface area contributed by atoms with Crippen molar-refractivity contribution in [1.82, 2.24) is 9.88 Å². The van der Waals surface area contributed by atoms with Crippen LogP contribution in [0, 0.1) is 0 Å². The summed E-state index contributed by atoms with van der Waals surface area (Å²) >= 11 is 0. The normalized spacial score (nSPS) is 16.3. The molecular formula is C26H24N2O2. The van der Waals surface area contributed by atoms with Gasteiger partial charge >= 0.3 is 0 Å². The number of carbonyl (C=O) groups excluding carboxylic acids is 1. The lowest BCUT2D eigenvalue weighted by Crippen LogP contribution is -2.30. The van der Waals surface area contributed by atoms with Gasteiger partial charge < -0.3 is 9.32 Å². The molecule has 4 aromatic rings. The van der Waals surface area contributed by atoms with Crippen LogP contribution in [0.1, 0.15) is 36.8 Å². The van der Waals surface area contributed by atoms with E-state index in [9.17, 15) is 4.79 Å². The highest BCUT2D eigenvalue weighted by molar-refractivity contribution is 5.81. The summed E-state index contributed by atoms with van der Waals surface area (Å²) in [6, 6.07) is 26.5. The number of hydrogen-bond acceptors (Lipinski definition) is 3. The van der Waals surface area contributed by atoms with Gasteiger partial charge in [0, 0.05) is 13.0 Å². The van der Waals surface area contributed by atoms with Gasteiger partial charge in [-0.15, -0.1) is 0 Å². The topological polar surface area (TPSA) is 46.3 Å². The van der Waals surface area contributed by atoms with Gasteiger partial charge in [-0.05, 0) is 48.1 Å². The summed E-state index contributed by atoms with van der Waals surface area (Å²) in [5.41, 5.74) is 5.08. The van der Waals surface area contributed by atoms with E-state index in [1.165, 1.54) is 5.56 Å². The predicted octanol–water partition coefficient (Wildman–Crippen LogP) is 5.79. The molecule has 30 heavy (non-hydrogen) atoms. The summed E-state index contributed by atoms with van der Waals surface area (Å²) < 4.78 is 6.08. The minimum atomic E-state index is -0.0687. The Labute approximate surface area is 176 Å². The molecule has 0 radical (unpaired) electrons. The second-order valence-corrected chi connectivity index (χ2v) is 7.83. The Morgan fingerprint density at radius 2 is 1.73 bits per heavy atom. The van der Waals surface area contributed by atoms with E-state index in [1.807, 2.05) is 47.4 Å². The van der Waals surface area contributed by atoms with Crippen LogP contribution in [0.25, 0.3) is 22.2 Å². The number of aryl methyl sites for hydroxylation is 1. The zero-order valence-corrected chi connectivity index (χ0v) is 16.8. The van der Waals surface area contributed by atoms with E-state index in [1.54, 1.807) is 0 Å². The fourth-order valence-corrected chi connectivity index (χ4v) is 4.26. The smallest absolute Gasteiger partial charge is 0.223 e. The van der Waals surface area contributed by atoms with Gasteiger partial charge in [0.2, 0.25) is 11.8 Å². The maximum atomic E-state index is 12.9. The molecule has 1 aliphatic heterocycles. The first-order chi connectivity index (χ1) is 14.8. The lowest BCUT2D eigenvalue weighted by molar-refractivity contribution is -0.132. The molecule has 0 N–H and O–H groups in total. The summed E-state index contributed by atoms with van der Waals surface area (Å²) in [5, 5.41) is 0. The van der Waals surface area contributed by atoms with Crippen molar-refractivity contribution in [3.8, 4) is 11.1 Å². The average Bonchev–Trinajstić information content (AvgIpc) is 3.45. The molecule has 150 valence electrons. The van der Waals surface area contributed by atoms with Gasteiger partial charge in [-0.3, -0.25) is 4.79 Å². The van der Waals surface area contributed by atoms with Gasteiger partial charge in [0.15, 0.2) is 5.58 Å². The van der Waals surface area contributed by atoms with Crippen molar-refractivity contribution < 1.29 is 9.21 Å². The predicted molar refractivity (Wildman–Crippen MR) is 118 cm³/mol. The number of likely N-dealkylation sites (tertiary alicyclic amines) is 1. The Balaban J connectivity index is 1.35. The highest BCUT2D eigenvalue weighted by Crippen LogP contribution is 2.34. The van der Waals surface area contributed by atoms with E-state index in [0.717, 1.165) is 48.0 Å². The molecule has 0 unspecified atom stereocenters. The molecule has 1 atom stereocenters. The molecule has 1 saturated heterocycles. The third-order valence-corrected chi connectivity index (χ3v) is 5.84. The molecule has 3 aromatic carbocycles. The van der Waals surface area contributed by atoms with Crippen molar-refractivity contribution in [2.75, 3.05) is 6.54 Å². The Morgan fingerprint density at radius 3 is 2.53 bits per heavy atom. The second-order valence-electron chi connectivity index (χ2n) is 7.83. The molecule has 1 aromatic heterocycles. The summed E-state index contributed by atoms with van der Waals surface area (Å²) in [4.78, 5) is 19.6. The quantitative estimate of drug-likeness (QED) is 0.429. The first kappa shape index (κ1) is 18.6. The largest absolute Gasteiger partial charge is 0.438 e. The number of benzene rings is 3. The van der Waals surface area contributed by atoms with Crippen molar-refractivity contribution in [1.29, 1.82) is 0 Å². The standard InChI is InChI=1S/C26H24N2O2/c29-25(16-13-19-8-3-1-4-9-19)28-17-7-12-23(28)26-27-22-18-21(14-15-24(22)30-26)20-10-5-2-6-11-20/h1-6,8-11,14-15,18,23H,7,12-13,16-17H2/t23-/m1/s1. The number of aromatic nitrogens is 1. The van der Waals surface area contributed by atoms with Gasteiger partial charge in [-0.2, -0.15) is 0 Å². The Hall–Kier alpha value is -3.40. The SMILES string of the molecule is O=C(CCc1ccccc1)N1CCC[C@@H]1c1nc2cc(-c3ccccc3)ccc2o1. The number of oxazole rings is 1. The van der Waals surface area contributed by atoms with Crippen LogP contribution >= 0.6 is 0 Å². The van der Waals surface area contributed by atoms with E-state index in [4.69, 9.17) is 9.40 Å². The Morgan fingerprint density at radius 1 is 0.967 bits per heavy atom. The van der Waals surface area contributed by atoms with Crippen LogP contribution in [0.2, 0.25) is 0 Å². The van der Waals surface area contributed by atoms with E-state index >= 15 is 0 Å².